The lowest BCUT2D eigenvalue weighted by atomic mass is 9.67. The Kier molecular flexibility index (Phi) is 14.7. The number of rotatable bonds is 14. The zero-order valence-corrected chi connectivity index (χ0v) is 29.3. The lowest BCUT2D eigenvalue weighted by Gasteiger charge is -2.40. The summed E-state index contributed by atoms with van der Waals surface area (Å²) in [7, 11) is 0. The fraction of sp³-hybridized carbons (Fsp3) is 0.548. The normalized spacial score (nSPS) is 23.0. The van der Waals surface area contributed by atoms with Crippen molar-refractivity contribution in [3.63, 3.8) is 0 Å². The summed E-state index contributed by atoms with van der Waals surface area (Å²) in [6, 6.07) is 20.0. The predicted octanol–water partition coefficient (Wildman–Crippen LogP) is 6.78. The first-order chi connectivity index (χ1) is 24.4. The van der Waals surface area contributed by atoms with Gasteiger partial charge in [0, 0.05) is 52.0 Å². The molecule has 2 heterocycles. The Bertz CT molecular complexity index is 1410. The largest absolute Gasteiger partial charge is 0.392 e. The number of carbonyl (C=O) groups is 3. The van der Waals surface area contributed by atoms with E-state index >= 15 is 0 Å². The van der Waals surface area contributed by atoms with Crippen molar-refractivity contribution in [1.82, 2.24) is 0 Å². The highest BCUT2D eigenvalue weighted by Gasteiger charge is 2.41. The summed E-state index contributed by atoms with van der Waals surface area (Å²) in [5.74, 6) is -0.667. The number of hydrogen-bond donors (Lipinski definition) is 1. The number of Topliss-reactive ketones (excluding diaryl/α,β-unsaturated/α-hetero) is 1. The van der Waals surface area contributed by atoms with Crippen LogP contribution in [0.2, 0.25) is 0 Å². The van der Waals surface area contributed by atoms with Gasteiger partial charge in [0.25, 0.3) is 0 Å². The highest BCUT2D eigenvalue weighted by molar-refractivity contribution is 6.08. The SMILES string of the molecule is O=C1C=CC2(CCOCC2)CC1C(=O)CCCOCc1ccccc1.O=C1C=CC2(CCOCC2)CC1C(O)CCCOCc1ccccc1. The summed E-state index contributed by atoms with van der Waals surface area (Å²) in [5, 5.41) is 10.5. The van der Waals surface area contributed by atoms with E-state index in [0.717, 1.165) is 62.9 Å². The minimum Gasteiger partial charge on any atom is -0.392 e. The molecule has 3 atom stereocenters. The Labute approximate surface area is 297 Å². The average molecular weight is 687 g/mol. The predicted molar refractivity (Wildman–Crippen MR) is 191 cm³/mol. The van der Waals surface area contributed by atoms with E-state index in [4.69, 9.17) is 18.9 Å². The summed E-state index contributed by atoms with van der Waals surface area (Å²) in [5.41, 5.74) is 2.30. The Hall–Kier alpha value is -3.27. The standard InChI is InChI=1S/C21H28O4.C21H26O4/c2*22-19(7-4-12-25-16-17-5-2-1-3-6-17)18-15-21(9-8-20(18)23)10-13-24-14-11-21/h1-3,5-6,8-9,18-19,22H,4,7,10-16H2;1-3,5-6,8-9,18H,4,7,10-16H2. The fourth-order valence-electron chi connectivity index (χ4n) is 7.48. The van der Waals surface area contributed by atoms with Crippen LogP contribution in [0.4, 0.5) is 0 Å². The second-order valence-corrected chi connectivity index (χ2v) is 14.3. The number of ketones is 3. The Balaban J connectivity index is 0.000000194. The van der Waals surface area contributed by atoms with Crippen molar-refractivity contribution < 1.29 is 38.4 Å². The molecule has 2 fully saturated rings. The lowest BCUT2D eigenvalue weighted by Crippen LogP contribution is -2.39. The highest BCUT2D eigenvalue weighted by Crippen LogP contribution is 2.43. The van der Waals surface area contributed by atoms with Gasteiger partial charge in [-0.05, 0) is 91.9 Å². The van der Waals surface area contributed by atoms with Gasteiger partial charge in [-0.2, -0.15) is 0 Å². The Morgan fingerprint density at radius 3 is 1.78 bits per heavy atom. The van der Waals surface area contributed by atoms with Gasteiger partial charge in [0.05, 0.1) is 25.2 Å². The number of ether oxygens (including phenoxy) is 4. The van der Waals surface area contributed by atoms with Gasteiger partial charge in [-0.25, -0.2) is 0 Å². The summed E-state index contributed by atoms with van der Waals surface area (Å²) in [6.45, 7) is 5.20. The lowest BCUT2D eigenvalue weighted by molar-refractivity contribution is -0.133. The van der Waals surface area contributed by atoms with Crippen LogP contribution in [0, 0.1) is 22.7 Å². The highest BCUT2D eigenvalue weighted by atomic mass is 16.5. The van der Waals surface area contributed by atoms with Gasteiger partial charge in [-0.1, -0.05) is 72.8 Å². The van der Waals surface area contributed by atoms with E-state index in [1.54, 1.807) is 12.2 Å². The number of allylic oxidation sites excluding steroid dienone is 4. The minimum atomic E-state index is -0.586. The topological polar surface area (TPSA) is 108 Å². The first-order valence-electron chi connectivity index (χ1n) is 18.4. The van der Waals surface area contributed by atoms with E-state index in [2.05, 4.69) is 6.08 Å². The third kappa shape index (κ3) is 11.4. The van der Waals surface area contributed by atoms with E-state index in [0.29, 0.717) is 65.3 Å². The third-order valence-electron chi connectivity index (χ3n) is 10.7. The average Bonchev–Trinajstić information content (AvgIpc) is 3.15. The van der Waals surface area contributed by atoms with E-state index < -0.39 is 12.0 Å². The van der Waals surface area contributed by atoms with E-state index in [-0.39, 0.29) is 34.1 Å². The number of aliphatic hydroxyl groups excluding tert-OH is 1. The van der Waals surface area contributed by atoms with E-state index in [1.165, 1.54) is 0 Å². The molecule has 2 aliphatic carbocycles. The first-order valence-corrected chi connectivity index (χ1v) is 18.4. The van der Waals surface area contributed by atoms with Crippen molar-refractivity contribution in [3.8, 4) is 0 Å². The molecule has 2 aromatic rings. The van der Waals surface area contributed by atoms with Crippen molar-refractivity contribution in [2.75, 3.05) is 39.6 Å². The molecule has 0 bridgehead atoms. The maximum atomic E-state index is 12.5. The van der Waals surface area contributed by atoms with Crippen molar-refractivity contribution in [2.45, 2.75) is 83.5 Å². The molecule has 4 aliphatic rings. The molecular formula is C42H54O8. The van der Waals surface area contributed by atoms with Crippen LogP contribution in [0.3, 0.4) is 0 Å². The van der Waals surface area contributed by atoms with Crippen molar-refractivity contribution in [3.05, 3.63) is 96.1 Å². The van der Waals surface area contributed by atoms with Crippen molar-refractivity contribution in [2.24, 2.45) is 22.7 Å². The van der Waals surface area contributed by atoms with Gasteiger partial charge in [-0.15, -0.1) is 0 Å². The smallest absolute Gasteiger partial charge is 0.165 e. The molecule has 0 saturated carbocycles. The van der Waals surface area contributed by atoms with Crippen LogP contribution < -0.4 is 0 Å². The molecule has 0 amide bonds. The Morgan fingerprint density at radius 2 is 1.22 bits per heavy atom. The van der Waals surface area contributed by atoms with Crippen molar-refractivity contribution in [1.29, 1.82) is 0 Å². The second kappa shape index (κ2) is 19.4. The van der Waals surface area contributed by atoms with E-state index in [9.17, 15) is 19.5 Å². The number of benzene rings is 2. The van der Waals surface area contributed by atoms with Gasteiger partial charge < -0.3 is 24.1 Å². The maximum Gasteiger partial charge on any atom is 0.165 e. The molecule has 1 N–H and O–H groups in total. The number of aliphatic hydroxyl groups is 1. The quantitative estimate of drug-likeness (QED) is 0.171. The molecule has 2 saturated heterocycles. The number of carbonyl (C=O) groups excluding carboxylic acids is 3. The fourth-order valence-corrected chi connectivity index (χ4v) is 7.48. The molecule has 2 spiro atoms. The molecule has 6 rings (SSSR count). The van der Waals surface area contributed by atoms with Crippen LogP contribution in [0.25, 0.3) is 0 Å². The first kappa shape index (κ1) is 38.0. The third-order valence-corrected chi connectivity index (χ3v) is 10.7. The van der Waals surface area contributed by atoms with Gasteiger partial charge in [-0.3, -0.25) is 14.4 Å². The summed E-state index contributed by atoms with van der Waals surface area (Å²) in [6.07, 6.45) is 14.3. The molecule has 3 unspecified atom stereocenters. The minimum absolute atomic E-state index is 0.0176. The zero-order valence-electron chi connectivity index (χ0n) is 29.3. The molecule has 8 heteroatoms. The van der Waals surface area contributed by atoms with Gasteiger partial charge in [0.1, 0.15) is 5.78 Å². The molecule has 2 aromatic carbocycles. The van der Waals surface area contributed by atoms with Gasteiger partial charge in [0.15, 0.2) is 11.6 Å². The van der Waals surface area contributed by atoms with Crippen LogP contribution >= 0.6 is 0 Å². The summed E-state index contributed by atoms with van der Waals surface area (Å²) >= 11 is 0. The Morgan fingerprint density at radius 1 is 0.720 bits per heavy atom. The van der Waals surface area contributed by atoms with Gasteiger partial charge >= 0.3 is 0 Å². The molecule has 50 heavy (non-hydrogen) atoms. The molecule has 2 aliphatic heterocycles. The summed E-state index contributed by atoms with van der Waals surface area (Å²) in [4.78, 5) is 36.9. The second-order valence-electron chi connectivity index (χ2n) is 14.3. The molecule has 0 aromatic heterocycles. The molecule has 0 radical (unpaired) electrons. The summed E-state index contributed by atoms with van der Waals surface area (Å²) < 4.78 is 22.2. The van der Waals surface area contributed by atoms with Gasteiger partial charge in [0.2, 0.25) is 0 Å². The monoisotopic (exact) mass is 686 g/mol. The molecule has 8 nitrogen and oxygen atoms in total. The van der Waals surface area contributed by atoms with Crippen LogP contribution in [-0.4, -0.2) is 68.2 Å². The zero-order chi connectivity index (χ0) is 35.1. The molecule has 270 valence electrons. The maximum absolute atomic E-state index is 12.5. The van der Waals surface area contributed by atoms with Crippen LogP contribution in [0.15, 0.2) is 85.0 Å². The van der Waals surface area contributed by atoms with Crippen LogP contribution in [0.5, 0.6) is 0 Å². The molecular weight excluding hydrogens is 632 g/mol. The van der Waals surface area contributed by atoms with E-state index in [1.807, 2.05) is 66.7 Å². The number of hydrogen-bond acceptors (Lipinski definition) is 8. The van der Waals surface area contributed by atoms with Crippen molar-refractivity contribution >= 4 is 17.3 Å². The van der Waals surface area contributed by atoms with Crippen LogP contribution in [-0.2, 0) is 46.5 Å². The van der Waals surface area contributed by atoms with Crippen LogP contribution in [0.1, 0.15) is 75.3 Å².